The summed E-state index contributed by atoms with van der Waals surface area (Å²) in [7, 11) is 1.63. The lowest BCUT2D eigenvalue weighted by Crippen LogP contribution is -2.16. The smallest absolute Gasteiger partial charge is 0.274 e. The van der Waals surface area contributed by atoms with Crippen LogP contribution in [0, 0.1) is 0 Å². The maximum Gasteiger partial charge on any atom is 0.274 e. The van der Waals surface area contributed by atoms with E-state index in [9.17, 15) is 4.79 Å². The van der Waals surface area contributed by atoms with E-state index in [4.69, 9.17) is 4.74 Å². The van der Waals surface area contributed by atoms with E-state index in [1.165, 1.54) is 11.9 Å². The Labute approximate surface area is 142 Å². The Morgan fingerprint density at radius 2 is 1.88 bits per heavy atom. The number of carbonyl (C=O) groups excluding carboxylic acids is 1. The Hall–Kier alpha value is -2.47. The highest BCUT2D eigenvalue weighted by molar-refractivity contribution is 6.03. The number of aromatic nitrogens is 2. The molecule has 0 unspecified atom stereocenters. The highest BCUT2D eigenvalue weighted by Gasteiger charge is 2.14. The van der Waals surface area contributed by atoms with Crippen LogP contribution in [0.3, 0.4) is 0 Å². The molecule has 0 aliphatic carbocycles. The van der Waals surface area contributed by atoms with E-state index in [0.717, 1.165) is 5.69 Å². The van der Waals surface area contributed by atoms with Crippen LogP contribution in [0.2, 0.25) is 0 Å². The lowest BCUT2D eigenvalue weighted by molar-refractivity contribution is 0.102. The standard InChI is InChI=1S/C18H24N4O2/c1-18(2,3)13-5-7-14(8-6-13)22-17(23)15-11-16(21-12-20-15)19-9-10-24-4/h5-8,11-12H,9-10H2,1-4H3,(H,22,23)(H,19,20,21). The highest BCUT2D eigenvalue weighted by Crippen LogP contribution is 2.23. The van der Waals surface area contributed by atoms with Crippen LogP contribution in [0.25, 0.3) is 0 Å². The summed E-state index contributed by atoms with van der Waals surface area (Å²) in [4.78, 5) is 20.4. The zero-order valence-electron chi connectivity index (χ0n) is 14.6. The fourth-order valence-corrected chi connectivity index (χ4v) is 2.11. The van der Waals surface area contributed by atoms with Crippen LogP contribution in [0.4, 0.5) is 11.5 Å². The number of hydrogen-bond donors (Lipinski definition) is 2. The largest absolute Gasteiger partial charge is 0.383 e. The third-order valence-corrected chi connectivity index (χ3v) is 3.52. The quantitative estimate of drug-likeness (QED) is 0.797. The van der Waals surface area contributed by atoms with Crippen LogP contribution in [-0.2, 0) is 10.2 Å². The lowest BCUT2D eigenvalue weighted by Gasteiger charge is -2.19. The van der Waals surface area contributed by atoms with Crippen LogP contribution in [-0.4, -0.2) is 36.1 Å². The predicted octanol–water partition coefficient (Wildman–Crippen LogP) is 3.08. The van der Waals surface area contributed by atoms with Crippen molar-refractivity contribution in [2.45, 2.75) is 26.2 Å². The Balaban J connectivity index is 2.03. The zero-order valence-corrected chi connectivity index (χ0v) is 14.6. The maximum atomic E-state index is 12.3. The molecule has 1 heterocycles. The van der Waals surface area contributed by atoms with E-state index in [-0.39, 0.29) is 11.3 Å². The first-order valence-corrected chi connectivity index (χ1v) is 7.87. The maximum absolute atomic E-state index is 12.3. The van der Waals surface area contributed by atoms with Crippen molar-refractivity contribution in [3.05, 3.63) is 47.9 Å². The number of hydrogen-bond acceptors (Lipinski definition) is 5. The molecule has 0 aliphatic rings. The molecule has 6 heteroatoms. The van der Waals surface area contributed by atoms with Gasteiger partial charge < -0.3 is 15.4 Å². The monoisotopic (exact) mass is 328 g/mol. The topological polar surface area (TPSA) is 76.1 Å². The minimum Gasteiger partial charge on any atom is -0.383 e. The van der Waals surface area contributed by atoms with Gasteiger partial charge in [0, 0.05) is 25.4 Å². The summed E-state index contributed by atoms with van der Waals surface area (Å²) in [6.45, 7) is 7.63. The molecule has 1 aromatic carbocycles. The number of anilines is 2. The van der Waals surface area contributed by atoms with Crippen LogP contribution < -0.4 is 10.6 Å². The SMILES string of the molecule is COCCNc1cc(C(=O)Nc2ccc(C(C)(C)C)cc2)ncn1. The van der Waals surface area contributed by atoms with Gasteiger partial charge in [0.25, 0.3) is 5.91 Å². The van der Waals surface area contributed by atoms with Gasteiger partial charge in [-0.05, 0) is 23.1 Å². The van der Waals surface area contributed by atoms with Crippen molar-refractivity contribution in [2.24, 2.45) is 0 Å². The Kier molecular flexibility index (Phi) is 5.87. The van der Waals surface area contributed by atoms with Gasteiger partial charge in [0.15, 0.2) is 0 Å². The molecule has 0 radical (unpaired) electrons. The zero-order chi connectivity index (χ0) is 17.6. The van der Waals surface area contributed by atoms with Crippen molar-refractivity contribution in [1.82, 2.24) is 9.97 Å². The molecule has 24 heavy (non-hydrogen) atoms. The molecule has 128 valence electrons. The predicted molar refractivity (Wildman–Crippen MR) is 95.5 cm³/mol. The van der Waals surface area contributed by atoms with Gasteiger partial charge >= 0.3 is 0 Å². The number of amides is 1. The Morgan fingerprint density at radius 1 is 1.17 bits per heavy atom. The first kappa shape index (κ1) is 17.9. The van der Waals surface area contributed by atoms with Crippen molar-refractivity contribution >= 4 is 17.4 Å². The van der Waals surface area contributed by atoms with Gasteiger partial charge in [-0.25, -0.2) is 9.97 Å². The molecule has 0 bridgehead atoms. The first-order chi connectivity index (χ1) is 11.4. The molecule has 0 spiro atoms. The van der Waals surface area contributed by atoms with Crippen molar-refractivity contribution in [2.75, 3.05) is 30.9 Å². The summed E-state index contributed by atoms with van der Waals surface area (Å²) in [5.41, 5.74) is 2.34. The van der Waals surface area contributed by atoms with Crippen molar-refractivity contribution in [3.63, 3.8) is 0 Å². The molecular weight excluding hydrogens is 304 g/mol. The van der Waals surface area contributed by atoms with Crippen LogP contribution in [0.1, 0.15) is 36.8 Å². The average Bonchev–Trinajstić information content (AvgIpc) is 2.55. The summed E-state index contributed by atoms with van der Waals surface area (Å²) in [5, 5.41) is 5.92. The van der Waals surface area contributed by atoms with Gasteiger partial charge in [-0.15, -0.1) is 0 Å². The molecule has 0 aliphatic heterocycles. The number of methoxy groups -OCH3 is 1. The molecule has 0 fully saturated rings. The van der Waals surface area contributed by atoms with Crippen molar-refractivity contribution < 1.29 is 9.53 Å². The molecule has 6 nitrogen and oxygen atoms in total. The Bertz CT molecular complexity index is 678. The van der Waals surface area contributed by atoms with E-state index >= 15 is 0 Å². The van der Waals surface area contributed by atoms with Gasteiger partial charge in [0.1, 0.15) is 17.8 Å². The number of benzene rings is 1. The summed E-state index contributed by atoms with van der Waals surface area (Å²) >= 11 is 0. The highest BCUT2D eigenvalue weighted by atomic mass is 16.5. The van der Waals surface area contributed by atoms with Gasteiger partial charge in [-0.1, -0.05) is 32.9 Å². The average molecular weight is 328 g/mol. The summed E-state index contributed by atoms with van der Waals surface area (Å²) < 4.78 is 4.97. The second-order valence-electron chi connectivity index (χ2n) is 6.49. The normalized spacial score (nSPS) is 11.2. The van der Waals surface area contributed by atoms with E-state index in [0.29, 0.717) is 24.7 Å². The number of rotatable bonds is 6. The van der Waals surface area contributed by atoms with Crippen molar-refractivity contribution in [1.29, 1.82) is 0 Å². The van der Waals surface area contributed by atoms with E-state index in [1.54, 1.807) is 13.2 Å². The minimum absolute atomic E-state index is 0.0813. The van der Waals surface area contributed by atoms with Crippen LogP contribution in [0.5, 0.6) is 0 Å². The van der Waals surface area contributed by atoms with Gasteiger partial charge in [0.2, 0.25) is 0 Å². The molecular formula is C18H24N4O2. The third kappa shape index (κ3) is 5.03. The van der Waals surface area contributed by atoms with E-state index < -0.39 is 0 Å². The first-order valence-electron chi connectivity index (χ1n) is 7.87. The van der Waals surface area contributed by atoms with Crippen LogP contribution >= 0.6 is 0 Å². The second kappa shape index (κ2) is 7.88. The Morgan fingerprint density at radius 3 is 2.50 bits per heavy atom. The fourth-order valence-electron chi connectivity index (χ4n) is 2.11. The lowest BCUT2D eigenvalue weighted by atomic mass is 9.87. The van der Waals surface area contributed by atoms with Gasteiger partial charge in [-0.3, -0.25) is 4.79 Å². The fraction of sp³-hybridized carbons (Fsp3) is 0.389. The minimum atomic E-state index is -0.268. The van der Waals surface area contributed by atoms with Crippen molar-refractivity contribution in [3.8, 4) is 0 Å². The molecule has 2 rings (SSSR count). The molecule has 0 saturated heterocycles. The molecule has 0 saturated carbocycles. The van der Waals surface area contributed by atoms with Gasteiger partial charge in [0.05, 0.1) is 6.61 Å². The molecule has 0 atom stereocenters. The number of nitrogens with zero attached hydrogens (tertiary/aromatic N) is 2. The summed E-state index contributed by atoms with van der Waals surface area (Å²) in [6.07, 6.45) is 1.37. The molecule has 1 aromatic heterocycles. The number of carbonyl (C=O) groups is 1. The van der Waals surface area contributed by atoms with E-state index in [1.807, 2.05) is 24.3 Å². The molecule has 2 aromatic rings. The molecule has 2 N–H and O–H groups in total. The van der Waals surface area contributed by atoms with E-state index in [2.05, 4.69) is 41.4 Å². The number of ether oxygens (including phenoxy) is 1. The number of nitrogens with one attached hydrogen (secondary N) is 2. The summed E-state index contributed by atoms with van der Waals surface area (Å²) in [6, 6.07) is 9.46. The van der Waals surface area contributed by atoms with Crippen LogP contribution in [0.15, 0.2) is 36.7 Å². The second-order valence-corrected chi connectivity index (χ2v) is 6.49. The summed E-state index contributed by atoms with van der Waals surface area (Å²) in [5.74, 6) is 0.325. The third-order valence-electron chi connectivity index (χ3n) is 3.52. The van der Waals surface area contributed by atoms with Gasteiger partial charge in [-0.2, -0.15) is 0 Å². The molecule has 1 amide bonds.